The zero-order valence-corrected chi connectivity index (χ0v) is 16.6. The first-order chi connectivity index (χ1) is 15.1. The Morgan fingerprint density at radius 3 is 2.55 bits per heavy atom. The first-order valence-corrected chi connectivity index (χ1v) is 9.95. The third kappa shape index (κ3) is 3.66. The highest BCUT2D eigenvalue weighted by atomic mass is 16.7. The van der Waals surface area contributed by atoms with Gasteiger partial charge in [0.05, 0.1) is 6.54 Å². The smallest absolute Gasteiger partial charge is 0.251 e. The van der Waals surface area contributed by atoms with E-state index in [1.807, 2.05) is 30.3 Å². The lowest BCUT2D eigenvalue weighted by atomic mass is 9.99. The molecule has 156 valence electrons. The van der Waals surface area contributed by atoms with E-state index in [1.165, 1.54) is 0 Å². The molecule has 1 atom stereocenters. The summed E-state index contributed by atoms with van der Waals surface area (Å²) in [7, 11) is 0. The molecule has 0 fully saturated rings. The Bertz CT molecular complexity index is 1170. The van der Waals surface area contributed by atoms with Crippen LogP contribution in [0.4, 0.5) is 0 Å². The fourth-order valence-corrected chi connectivity index (χ4v) is 3.84. The molecule has 5 rings (SSSR count). The standard InChI is InChI=1S/C24H20N2O5/c25-23(27)15-6-4-14(5-7-15)19-3-1-2-16-10-18(31-22(16)19)12-26-24(28)17-8-9-20-21(11-17)30-13-29-20/h1-9,11,18H,10,12-13H2,(H2,25,27)(H,26,28). The Labute approximate surface area is 178 Å². The van der Waals surface area contributed by atoms with Crippen molar-refractivity contribution in [2.75, 3.05) is 13.3 Å². The molecule has 0 saturated heterocycles. The minimum absolute atomic E-state index is 0.168. The van der Waals surface area contributed by atoms with Crippen molar-refractivity contribution in [1.29, 1.82) is 0 Å². The second-order valence-corrected chi connectivity index (χ2v) is 7.46. The summed E-state index contributed by atoms with van der Waals surface area (Å²) in [5.74, 6) is 1.36. The Morgan fingerprint density at radius 2 is 1.74 bits per heavy atom. The number of amides is 2. The lowest BCUT2D eigenvalue weighted by molar-refractivity contribution is 0.0932. The molecular weight excluding hydrogens is 396 g/mol. The molecule has 7 nitrogen and oxygen atoms in total. The summed E-state index contributed by atoms with van der Waals surface area (Å²) in [5, 5.41) is 2.93. The molecule has 3 aromatic rings. The van der Waals surface area contributed by atoms with Gasteiger partial charge in [0, 0.05) is 23.1 Å². The molecule has 3 aromatic carbocycles. The van der Waals surface area contributed by atoms with Crippen LogP contribution in [-0.4, -0.2) is 31.3 Å². The fraction of sp³-hybridized carbons (Fsp3) is 0.167. The number of nitrogens with two attached hydrogens (primary N) is 1. The van der Waals surface area contributed by atoms with Gasteiger partial charge in [-0.05, 0) is 41.5 Å². The molecule has 0 radical (unpaired) electrons. The van der Waals surface area contributed by atoms with Crippen LogP contribution in [0, 0.1) is 0 Å². The number of primary amides is 1. The average Bonchev–Trinajstić information content (AvgIpc) is 3.43. The minimum atomic E-state index is -0.459. The van der Waals surface area contributed by atoms with E-state index in [-0.39, 0.29) is 18.8 Å². The molecule has 31 heavy (non-hydrogen) atoms. The van der Waals surface area contributed by atoms with Crippen LogP contribution in [0.5, 0.6) is 17.2 Å². The predicted octanol–water partition coefficient (Wildman–Crippen LogP) is 2.91. The monoisotopic (exact) mass is 416 g/mol. The SMILES string of the molecule is NC(=O)c1ccc(-c2cccc3c2OC(CNC(=O)c2ccc4c(c2)OCO4)C3)cc1. The van der Waals surface area contributed by atoms with Gasteiger partial charge in [0.25, 0.3) is 5.91 Å². The molecule has 3 N–H and O–H groups in total. The van der Waals surface area contributed by atoms with Crippen LogP contribution in [0.25, 0.3) is 11.1 Å². The van der Waals surface area contributed by atoms with Crippen molar-refractivity contribution in [2.45, 2.75) is 12.5 Å². The van der Waals surface area contributed by atoms with Gasteiger partial charge in [-0.2, -0.15) is 0 Å². The third-order valence-electron chi connectivity index (χ3n) is 5.43. The molecule has 0 bridgehead atoms. The van der Waals surface area contributed by atoms with Crippen LogP contribution in [0.1, 0.15) is 26.3 Å². The summed E-state index contributed by atoms with van der Waals surface area (Å²) in [6.45, 7) is 0.546. The van der Waals surface area contributed by atoms with Gasteiger partial charge in [-0.1, -0.05) is 30.3 Å². The van der Waals surface area contributed by atoms with Crippen molar-refractivity contribution < 1.29 is 23.8 Å². The van der Waals surface area contributed by atoms with Crippen LogP contribution < -0.4 is 25.3 Å². The Morgan fingerprint density at radius 1 is 0.968 bits per heavy atom. The first-order valence-electron chi connectivity index (χ1n) is 9.95. The van der Waals surface area contributed by atoms with Gasteiger partial charge in [-0.25, -0.2) is 0 Å². The number of hydrogen-bond acceptors (Lipinski definition) is 5. The molecular formula is C24H20N2O5. The fourth-order valence-electron chi connectivity index (χ4n) is 3.84. The summed E-state index contributed by atoms with van der Waals surface area (Å²) >= 11 is 0. The van der Waals surface area contributed by atoms with E-state index in [1.54, 1.807) is 30.3 Å². The van der Waals surface area contributed by atoms with Gasteiger partial charge < -0.3 is 25.3 Å². The number of benzene rings is 3. The Hall–Kier alpha value is -4.00. The number of ether oxygens (including phenoxy) is 3. The maximum Gasteiger partial charge on any atom is 0.251 e. The van der Waals surface area contributed by atoms with Gasteiger partial charge in [0.2, 0.25) is 12.7 Å². The van der Waals surface area contributed by atoms with Gasteiger partial charge >= 0.3 is 0 Å². The minimum Gasteiger partial charge on any atom is -0.487 e. The molecule has 7 heteroatoms. The molecule has 1 unspecified atom stereocenters. The molecule has 2 aliphatic rings. The number of para-hydroxylation sites is 1. The van der Waals surface area contributed by atoms with Crippen molar-refractivity contribution in [1.82, 2.24) is 5.32 Å². The zero-order valence-electron chi connectivity index (χ0n) is 16.6. The second kappa shape index (κ2) is 7.68. The van der Waals surface area contributed by atoms with Crippen molar-refractivity contribution in [3.05, 3.63) is 77.4 Å². The summed E-state index contributed by atoms with van der Waals surface area (Å²) in [5.41, 5.74) is 9.26. The molecule has 0 spiro atoms. The van der Waals surface area contributed by atoms with Crippen molar-refractivity contribution in [2.24, 2.45) is 5.73 Å². The van der Waals surface area contributed by atoms with E-state index >= 15 is 0 Å². The molecule has 2 amide bonds. The Balaban J connectivity index is 1.27. The lowest BCUT2D eigenvalue weighted by Crippen LogP contribution is -2.34. The number of carbonyl (C=O) groups excluding carboxylic acids is 2. The molecule has 0 aromatic heterocycles. The maximum atomic E-state index is 12.5. The van der Waals surface area contributed by atoms with Crippen molar-refractivity contribution in [3.8, 4) is 28.4 Å². The average molecular weight is 416 g/mol. The van der Waals surface area contributed by atoms with Crippen LogP contribution in [-0.2, 0) is 6.42 Å². The highest BCUT2D eigenvalue weighted by molar-refractivity contribution is 5.95. The first kappa shape index (κ1) is 19.0. The molecule has 0 aliphatic carbocycles. The summed E-state index contributed by atoms with van der Waals surface area (Å²) in [6, 6.07) is 18.2. The van der Waals surface area contributed by atoms with E-state index in [0.717, 1.165) is 22.4 Å². The third-order valence-corrected chi connectivity index (χ3v) is 5.43. The summed E-state index contributed by atoms with van der Waals surface area (Å²) < 4.78 is 16.8. The van der Waals surface area contributed by atoms with Gasteiger partial charge in [0.15, 0.2) is 11.5 Å². The number of hydrogen-bond donors (Lipinski definition) is 2. The summed E-state index contributed by atoms with van der Waals surface area (Å²) in [4.78, 5) is 23.9. The maximum absolute atomic E-state index is 12.5. The van der Waals surface area contributed by atoms with Crippen LogP contribution in [0.2, 0.25) is 0 Å². The number of rotatable bonds is 5. The van der Waals surface area contributed by atoms with E-state index < -0.39 is 5.91 Å². The van der Waals surface area contributed by atoms with Crippen LogP contribution in [0.3, 0.4) is 0 Å². The van der Waals surface area contributed by atoms with Crippen molar-refractivity contribution >= 4 is 11.8 Å². The normalized spacial score (nSPS) is 15.8. The second-order valence-electron chi connectivity index (χ2n) is 7.46. The number of carbonyl (C=O) groups is 2. The van der Waals surface area contributed by atoms with Gasteiger partial charge in [-0.15, -0.1) is 0 Å². The van der Waals surface area contributed by atoms with Crippen LogP contribution >= 0.6 is 0 Å². The largest absolute Gasteiger partial charge is 0.487 e. The molecule has 0 saturated carbocycles. The summed E-state index contributed by atoms with van der Waals surface area (Å²) in [6.07, 6.45) is 0.531. The van der Waals surface area contributed by atoms with E-state index in [2.05, 4.69) is 5.32 Å². The quantitative estimate of drug-likeness (QED) is 0.666. The lowest BCUT2D eigenvalue weighted by Gasteiger charge is -2.14. The molecule has 2 heterocycles. The van der Waals surface area contributed by atoms with Crippen molar-refractivity contribution in [3.63, 3.8) is 0 Å². The van der Waals surface area contributed by atoms with E-state index in [9.17, 15) is 9.59 Å². The highest BCUT2D eigenvalue weighted by Crippen LogP contribution is 2.39. The van der Waals surface area contributed by atoms with E-state index in [4.69, 9.17) is 19.9 Å². The number of fused-ring (bicyclic) bond motifs is 2. The van der Waals surface area contributed by atoms with E-state index in [0.29, 0.717) is 35.6 Å². The number of nitrogens with one attached hydrogen (secondary N) is 1. The zero-order chi connectivity index (χ0) is 21.4. The predicted molar refractivity (Wildman–Crippen MR) is 113 cm³/mol. The van der Waals surface area contributed by atoms with Crippen LogP contribution in [0.15, 0.2) is 60.7 Å². The topological polar surface area (TPSA) is 99.9 Å². The van der Waals surface area contributed by atoms with Gasteiger partial charge in [-0.3, -0.25) is 9.59 Å². The Kier molecular flexibility index (Phi) is 4.71. The highest BCUT2D eigenvalue weighted by Gasteiger charge is 2.26. The van der Waals surface area contributed by atoms with Gasteiger partial charge in [0.1, 0.15) is 11.9 Å². The molecule has 2 aliphatic heterocycles.